The van der Waals surface area contributed by atoms with Gasteiger partial charge in [0.25, 0.3) is 0 Å². The Morgan fingerprint density at radius 2 is 2.00 bits per heavy atom. The molecule has 118 valence electrons. The molecular formula is C16H21N3O3. The van der Waals surface area contributed by atoms with E-state index in [9.17, 15) is 5.11 Å². The summed E-state index contributed by atoms with van der Waals surface area (Å²) < 4.78 is 12.3. The number of rotatable bonds is 7. The highest BCUT2D eigenvalue weighted by molar-refractivity contribution is 5.44. The van der Waals surface area contributed by atoms with Crippen LogP contribution in [-0.2, 0) is 19.6 Å². The predicted molar refractivity (Wildman–Crippen MR) is 83.1 cm³/mol. The number of benzene rings is 1. The van der Waals surface area contributed by atoms with Crippen molar-refractivity contribution in [3.8, 4) is 11.5 Å². The molecule has 0 fully saturated rings. The molecule has 2 aromatic rings. The van der Waals surface area contributed by atoms with E-state index >= 15 is 0 Å². The quantitative estimate of drug-likeness (QED) is 0.792. The minimum Gasteiger partial charge on any atom is -0.493 e. The smallest absolute Gasteiger partial charge is 0.160 e. The first-order valence-corrected chi connectivity index (χ1v) is 6.96. The third-order valence-electron chi connectivity index (χ3n) is 3.31. The van der Waals surface area contributed by atoms with Crippen molar-refractivity contribution in [2.45, 2.75) is 26.5 Å². The number of aliphatic hydroxyl groups excluding tert-OH is 1. The van der Waals surface area contributed by atoms with Gasteiger partial charge in [0.05, 0.1) is 33.1 Å². The Bertz CT molecular complexity index is 665. The van der Waals surface area contributed by atoms with Gasteiger partial charge in [0.15, 0.2) is 11.5 Å². The Morgan fingerprint density at radius 1 is 1.27 bits per heavy atom. The van der Waals surface area contributed by atoms with Crippen molar-refractivity contribution in [1.82, 2.24) is 15.0 Å². The van der Waals surface area contributed by atoms with Crippen molar-refractivity contribution in [3.63, 3.8) is 0 Å². The van der Waals surface area contributed by atoms with Gasteiger partial charge in [0.1, 0.15) is 5.69 Å². The maximum atomic E-state index is 9.44. The highest BCUT2D eigenvalue weighted by Gasteiger charge is 2.14. The van der Waals surface area contributed by atoms with Crippen LogP contribution in [0, 0.1) is 0 Å². The van der Waals surface area contributed by atoms with Gasteiger partial charge in [-0.1, -0.05) is 23.4 Å². The van der Waals surface area contributed by atoms with Crippen LogP contribution in [0.2, 0.25) is 0 Å². The van der Waals surface area contributed by atoms with Crippen LogP contribution in [-0.4, -0.2) is 34.3 Å². The zero-order valence-electron chi connectivity index (χ0n) is 13.2. The number of hydrogen-bond acceptors (Lipinski definition) is 5. The lowest BCUT2D eigenvalue weighted by molar-refractivity contribution is 0.275. The lowest BCUT2D eigenvalue weighted by Crippen LogP contribution is -2.08. The van der Waals surface area contributed by atoms with Gasteiger partial charge in [0.2, 0.25) is 0 Å². The van der Waals surface area contributed by atoms with Gasteiger partial charge in [-0.15, -0.1) is 5.10 Å². The molecule has 1 aromatic heterocycles. The Labute approximate surface area is 130 Å². The topological polar surface area (TPSA) is 69.4 Å². The minimum absolute atomic E-state index is 0.140. The highest BCUT2D eigenvalue weighted by atomic mass is 16.5. The van der Waals surface area contributed by atoms with E-state index in [1.807, 2.05) is 25.1 Å². The van der Waals surface area contributed by atoms with Gasteiger partial charge < -0.3 is 14.6 Å². The summed E-state index contributed by atoms with van der Waals surface area (Å²) in [6, 6.07) is 5.73. The van der Waals surface area contributed by atoms with Crippen LogP contribution in [0.4, 0.5) is 0 Å². The molecule has 0 bridgehead atoms. The predicted octanol–water partition coefficient (Wildman–Crippen LogP) is 1.95. The lowest BCUT2D eigenvalue weighted by atomic mass is 10.1. The molecule has 0 atom stereocenters. The van der Waals surface area contributed by atoms with Crippen LogP contribution in [0.5, 0.6) is 11.5 Å². The Kier molecular flexibility index (Phi) is 5.16. The van der Waals surface area contributed by atoms with Crippen LogP contribution in [0.1, 0.15) is 23.9 Å². The molecule has 22 heavy (non-hydrogen) atoms. The summed E-state index contributed by atoms with van der Waals surface area (Å²) in [7, 11) is 3.21. The number of aromatic nitrogens is 3. The van der Waals surface area contributed by atoms with Gasteiger partial charge in [-0.2, -0.15) is 0 Å². The Hall–Kier alpha value is -2.34. The summed E-state index contributed by atoms with van der Waals surface area (Å²) in [6.07, 6.45) is 0.594. The fourth-order valence-electron chi connectivity index (χ4n) is 2.25. The molecule has 0 aliphatic heterocycles. The number of methoxy groups -OCH3 is 2. The fourth-order valence-corrected chi connectivity index (χ4v) is 2.25. The second-order valence-corrected chi connectivity index (χ2v) is 5.12. The molecule has 0 aliphatic carbocycles. The number of ether oxygens (including phenoxy) is 2. The molecule has 0 radical (unpaired) electrons. The number of aliphatic hydroxyl groups is 1. The molecule has 6 nitrogen and oxygen atoms in total. The van der Waals surface area contributed by atoms with Crippen molar-refractivity contribution < 1.29 is 14.6 Å². The first-order valence-electron chi connectivity index (χ1n) is 6.96. The van der Waals surface area contributed by atoms with Crippen molar-refractivity contribution in [1.29, 1.82) is 0 Å². The van der Waals surface area contributed by atoms with E-state index in [1.165, 1.54) is 0 Å². The molecule has 2 rings (SSSR count). The van der Waals surface area contributed by atoms with Crippen molar-refractivity contribution in [3.05, 3.63) is 47.3 Å². The standard InChI is InChI=1S/C16H21N3O3/c1-11(2)9-19-14(13(10-20)17-18-19)7-12-5-6-15(21-3)16(8-12)22-4/h5-6,8,20H,1,7,9-10H2,2-4H3. The molecule has 0 aliphatic rings. The Balaban J connectivity index is 2.33. The zero-order chi connectivity index (χ0) is 16.1. The summed E-state index contributed by atoms with van der Waals surface area (Å²) >= 11 is 0. The largest absolute Gasteiger partial charge is 0.493 e. The van der Waals surface area contributed by atoms with E-state index in [4.69, 9.17) is 9.47 Å². The van der Waals surface area contributed by atoms with Gasteiger partial charge in [-0.3, -0.25) is 0 Å². The van der Waals surface area contributed by atoms with Crippen LogP contribution in [0.3, 0.4) is 0 Å². The molecular weight excluding hydrogens is 282 g/mol. The minimum atomic E-state index is -0.140. The second kappa shape index (κ2) is 7.09. The average molecular weight is 303 g/mol. The van der Waals surface area contributed by atoms with E-state index < -0.39 is 0 Å². The second-order valence-electron chi connectivity index (χ2n) is 5.12. The Morgan fingerprint density at radius 3 is 2.59 bits per heavy atom. The summed E-state index contributed by atoms with van der Waals surface area (Å²) in [4.78, 5) is 0. The first-order chi connectivity index (χ1) is 10.6. The molecule has 0 saturated heterocycles. The number of allylic oxidation sites excluding steroid dienone is 1. The normalized spacial score (nSPS) is 10.5. The molecule has 1 N–H and O–H groups in total. The molecule has 0 spiro atoms. The van der Waals surface area contributed by atoms with E-state index in [0.717, 1.165) is 16.8 Å². The van der Waals surface area contributed by atoms with Crippen LogP contribution < -0.4 is 9.47 Å². The monoisotopic (exact) mass is 303 g/mol. The summed E-state index contributed by atoms with van der Waals surface area (Å²) in [5.74, 6) is 1.35. The van der Waals surface area contributed by atoms with Gasteiger partial charge in [-0.05, 0) is 24.6 Å². The van der Waals surface area contributed by atoms with Gasteiger partial charge in [0, 0.05) is 6.42 Å². The molecule has 0 saturated carbocycles. The third kappa shape index (κ3) is 3.46. The molecule has 1 aromatic carbocycles. The number of nitrogens with zero attached hydrogens (tertiary/aromatic N) is 3. The maximum absolute atomic E-state index is 9.44. The fraction of sp³-hybridized carbons (Fsp3) is 0.375. The van der Waals surface area contributed by atoms with Crippen LogP contribution in [0.15, 0.2) is 30.4 Å². The summed E-state index contributed by atoms with van der Waals surface area (Å²) in [5, 5.41) is 17.6. The highest BCUT2D eigenvalue weighted by Crippen LogP contribution is 2.28. The molecule has 0 unspecified atom stereocenters. The van der Waals surface area contributed by atoms with Gasteiger partial charge >= 0.3 is 0 Å². The third-order valence-corrected chi connectivity index (χ3v) is 3.31. The number of hydrogen-bond donors (Lipinski definition) is 1. The average Bonchev–Trinajstić information content (AvgIpc) is 2.88. The zero-order valence-corrected chi connectivity index (χ0v) is 13.2. The van der Waals surface area contributed by atoms with Crippen molar-refractivity contribution in [2.24, 2.45) is 0 Å². The van der Waals surface area contributed by atoms with Crippen molar-refractivity contribution in [2.75, 3.05) is 14.2 Å². The van der Waals surface area contributed by atoms with E-state index in [1.54, 1.807) is 18.9 Å². The first kappa shape index (κ1) is 16.0. The summed E-state index contributed by atoms with van der Waals surface area (Å²) in [5.41, 5.74) is 3.45. The molecule has 1 heterocycles. The molecule has 0 amide bonds. The summed E-state index contributed by atoms with van der Waals surface area (Å²) in [6.45, 7) is 6.27. The molecule has 6 heteroatoms. The SMILES string of the molecule is C=C(C)Cn1nnc(CO)c1Cc1ccc(OC)c(OC)c1. The van der Waals surface area contributed by atoms with E-state index in [0.29, 0.717) is 30.2 Å². The van der Waals surface area contributed by atoms with Crippen LogP contribution >= 0.6 is 0 Å². The van der Waals surface area contributed by atoms with Crippen molar-refractivity contribution >= 4 is 0 Å². The van der Waals surface area contributed by atoms with Gasteiger partial charge in [-0.25, -0.2) is 4.68 Å². The maximum Gasteiger partial charge on any atom is 0.160 e. The van der Waals surface area contributed by atoms with Crippen LogP contribution in [0.25, 0.3) is 0 Å². The van der Waals surface area contributed by atoms with E-state index in [2.05, 4.69) is 16.9 Å². The lowest BCUT2D eigenvalue weighted by Gasteiger charge is -2.11. The van der Waals surface area contributed by atoms with E-state index in [-0.39, 0.29) is 6.61 Å².